The molecule has 2 rings (SSSR count). The fourth-order valence-corrected chi connectivity index (χ4v) is 2.96. The van der Waals surface area contributed by atoms with Crippen LogP contribution in [0.2, 0.25) is 0 Å². The molecule has 1 N–H and O–H groups in total. The lowest BCUT2D eigenvalue weighted by molar-refractivity contribution is -0.139. The Labute approximate surface area is 104 Å². The smallest absolute Gasteiger partial charge is 0.227 e. The summed E-state index contributed by atoms with van der Waals surface area (Å²) in [6, 6.07) is 0. The molecule has 2 fully saturated rings. The van der Waals surface area contributed by atoms with Crippen molar-refractivity contribution in [2.75, 3.05) is 39.8 Å². The van der Waals surface area contributed by atoms with Crippen LogP contribution in [-0.4, -0.2) is 61.0 Å². The minimum Gasteiger partial charge on any atom is -0.339 e. The van der Waals surface area contributed by atoms with Crippen LogP contribution in [0.25, 0.3) is 0 Å². The Hall–Kier alpha value is -0.610. The van der Waals surface area contributed by atoms with Gasteiger partial charge < -0.3 is 15.1 Å². The van der Waals surface area contributed by atoms with Crippen molar-refractivity contribution < 1.29 is 4.79 Å². The molecule has 0 spiro atoms. The highest BCUT2D eigenvalue weighted by molar-refractivity contribution is 5.79. The Balaban J connectivity index is 1.94. The second kappa shape index (κ2) is 4.94. The van der Waals surface area contributed by atoms with Gasteiger partial charge in [-0.15, -0.1) is 0 Å². The van der Waals surface area contributed by atoms with Gasteiger partial charge >= 0.3 is 0 Å². The standard InChI is InChI=1S/C13H25N3O/c1-13(2)10-16(8-6-14-13)12(17)11-5-4-7-15(3)9-11/h11,14H,4-10H2,1-3H3. The molecule has 0 radical (unpaired) electrons. The zero-order valence-electron chi connectivity index (χ0n) is 11.3. The molecule has 4 nitrogen and oxygen atoms in total. The van der Waals surface area contributed by atoms with Gasteiger partial charge in [0.2, 0.25) is 5.91 Å². The molecular weight excluding hydrogens is 214 g/mol. The number of piperidine rings is 1. The van der Waals surface area contributed by atoms with Gasteiger partial charge in [0.1, 0.15) is 0 Å². The Morgan fingerprint density at radius 1 is 1.35 bits per heavy atom. The number of amides is 1. The Morgan fingerprint density at radius 2 is 2.12 bits per heavy atom. The number of carbonyl (C=O) groups is 1. The molecule has 2 saturated heterocycles. The predicted molar refractivity (Wildman–Crippen MR) is 68.9 cm³/mol. The van der Waals surface area contributed by atoms with E-state index in [0.717, 1.165) is 45.6 Å². The van der Waals surface area contributed by atoms with E-state index < -0.39 is 0 Å². The first-order chi connectivity index (χ1) is 7.98. The van der Waals surface area contributed by atoms with Crippen LogP contribution in [0.1, 0.15) is 26.7 Å². The van der Waals surface area contributed by atoms with Crippen LogP contribution in [0.4, 0.5) is 0 Å². The summed E-state index contributed by atoms with van der Waals surface area (Å²) in [4.78, 5) is 16.8. The Kier molecular flexibility index (Phi) is 3.73. The number of carbonyl (C=O) groups excluding carboxylic acids is 1. The number of hydrogen-bond acceptors (Lipinski definition) is 3. The molecule has 17 heavy (non-hydrogen) atoms. The summed E-state index contributed by atoms with van der Waals surface area (Å²) in [7, 11) is 2.11. The summed E-state index contributed by atoms with van der Waals surface area (Å²) in [5.41, 5.74) is 0.0640. The molecule has 2 heterocycles. The topological polar surface area (TPSA) is 35.6 Å². The number of rotatable bonds is 1. The molecule has 0 aromatic carbocycles. The number of hydrogen-bond donors (Lipinski definition) is 1. The van der Waals surface area contributed by atoms with Crippen molar-refractivity contribution in [2.24, 2.45) is 5.92 Å². The summed E-state index contributed by atoms with van der Waals surface area (Å²) >= 11 is 0. The van der Waals surface area contributed by atoms with Crippen molar-refractivity contribution in [1.29, 1.82) is 0 Å². The minimum absolute atomic E-state index is 0.0640. The van der Waals surface area contributed by atoms with E-state index in [0.29, 0.717) is 5.91 Å². The van der Waals surface area contributed by atoms with Crippen LogP contribution in [-0.2, 0) is 4.79 Å². The number of nitrogens with one attached hydrogen (secondary N) is 1. The molecule has 0 aliphatic carbocycles. The molecule has 0 aromatic rings. The average molecular weight is 239 g/mol. The second-order valence-electron chi connectivity index (χ2n) is 6.17. The summed E-state index contributed by atoms with van der Waals surface area (Å²) < 4.78 is 0. The lowest BCUT2D eigenvalue weighted by atomic mass is 9.95. The average Bonchev–Trinajstić information content (AvgIpc) is 2.26. The highest BCUT2D eigenvalue weighted by Crippen LogP contribution is 2.20. The third-order valence-electron chi connectivity index (χ3n) is 3.86. The number of nitrogens with zero attached hydrogens (tertiary/aromatic N) is 2. The van der Waals surface area contributed by atoms with Crippen molar-refractivity contribution >= 4 is 5.91 Å². The van der Waals surface area contributed by atoms with Crippen molar-refractivity contribution in [3.63, 3.8) is 0 Å². The summed E-state index contributed by atoms with van der Waals surface area (Å²) in [6.45, 7) is 9.02. The third-order valence-corrected chi connectivity index (χ3v) is 3.86. The highest BCUT2D eigenvalue weighted by atomic mass is 16.2. The Bertz CT molecular complexity index is 290. The van der Waals surface area contributed by atoms with Gasteiger partial charge in [-0.3, -0.25) is 4.79 Å². The first-order valence-corrected chi connectivity index (χ1v) is 6.70. The molecule has 4 heteroatoms. The largest absolute Gasteiger partial charge is 0.339 e. The van der Waals surface area contributed by atoms with E-state index in [-0.39, 0.29) is 11.5 Å². The van der Waals surface area contributed by atoms with E-state index in [9.17, 15) is 4.79 Å². The van der Waals surface area contributed by atoms with E-state index in [1.807, 2.05) is 0 Å². The molecule has 1 atom stereocenters. The Morgan fingerprint density at radius 3 is 2.76 bits per heavy atom. The van der Waals surface area contributed by atoms with Gasteiger partial charge in [-0.1, -0.05) is 0 Å². The van der Waals surface area contributed by atoms with E-state index in [4.69, 9.17) is 0 Å². The lowest BCUT2D eigenvalue weighted by Crippen LogP contribution is -2.60. The van der Waals surface area contributed by atoms with E-state index in [2.05, 4.69) is 36.0 Å². The fourth-order valence-electron chi connectivity index (χ4n) is 2.96. The zero-order chi connectivity index (χ0) is 12.5. The first kappa shape index (κ1) is 12.8. The highest BCUT2D eigenvalue weighted by Gasteiger charge is 2.33. The molecule has 1 unspecified atom stereocenters. The fraction of sp³-hybridized carbons (Fsp3) is 0.923. The van der Waals surface area contributed by atoms with Crippen LogP contribution >= 0.6 is 0 Å². The van der Waals surface area contributed by atoms with Crippen molar-refractivity contribution in [2.45, 2.75) is 32.2 Å². The van der Waals surface area contributed by atoms with Gasteiger partial charge in [0, 0.05) is 31.7 Å². The van der Waals surface area contributed by atoms with Crippen LogP contribution in [0, 0.1) is 5.92 Å². The third kappa shape index (κ3) is 3.19. The van der Waals surface area contributed by atoms with Gasteiger partial charge in [-0.25, -0.2) is 0 Å². The van der Waals surface area contributed by atoms with Gasteiger partial charge in [0.05, 0.1) is 5.92 Å². The molecule has 0 aromatic heterocycles. The van der Waals surface area contributed by atoms with Crippen molar-refractivity contribution in [1.82, 2.24) is 15.1 Å². The molecule has 2 aliphatic heterocycles. The molecule has 1 amide bonds. The van der Waals surface area contributed by atoms with Crippen LogP contribution in [0.3, 0.4) is 0 Å². The predicted octanol–water partition coefficient (Wildman–Crippen LogP) is 0.539. The monoisotopic (exact) mass is 239 g/mol. The second-order valence-corrected chi connectivity index (χ2v) is 6.17. The van der Waals surface area contributed by atoms with Crippen molar-refractivity contribution in [3.8, 4) is 0 Å². The maximum absolute atomic E-state index is 12.5. The van der Waals surface area contributed by atoms with Gasteiger partial charge in [0.25, 0.3) is 0 Å². The molecule has 98 valence electrons. The zero-order valence-corrected chi connectivity index (χ0v) is 11.3. The van der Waals surface area contributed by atoms with Crippen LogP contribution in [0.5, 0.6) is 0 Å². The SMILES string of the molecule is CN1CCCC(C(=O)N2CCNC(C)(C)C2)C1. The number of piperazine rings is 1. The lowest BCUT2D eigenvalue weighted by Gasteiger charge is -2.41. The molecule has 0 bridgehead atoms. The van der Waals surface area contributed by atoms with Gasteiger partial charge in [-0.05, 0) is 40.3 Å². The molecule has 2 aliphatic rings. The summed E-state index contributed by atoms with van der Waals surface area (Å²) in [6.07, 6.45) is 2.22. The molecule has 0 saturated carbocycles. The first-order valence-electron chi connectivity index (χ1n) is 6.70. The van der Waals surface area contributed by atoms with Gasteiger partial charge in [-0.2, -0.15) is 0 Å². The van der Waals surface area contributed by atoms with E-state index in [1.165, 1.54) is 0 Å². The number of likely N-dealkylation sites (tertiary alicyclic amines) is 1. The molecular formula is C13H25N3O. The quantitative estimate of drug-likeness (QED) is 0.725. The minimum atomic E-state index is 0.0640. The van der Waals surface area contributed by atoms with E-state index in [1.54, 1.807) is 0 Å². The van der Waals surface area contributed by atoms with E-state index >= 15 is 0 Å². The summed E-state index contributed by atoms with van der Waals surface area (Å²) in [5, 5.41) is 3.45. The normalized spacial score (nSPS) is 30.3. The van der Waals surface area contributed by atoms with Crippen LogP contribution < -0.4 is 5.32 Å². The van der Waals surface area contributed by atoms with Gasteiger partial charge in [0.15, 0.2) is 0 Å². The maximum atomic E-state index is 12.5. The maximum Gasteiger partial charge on any atom is 0.227 e. The van der Waals surface area contributed by atoms with Crippen molar-refractivity contribution in [3.05, 3.63) is 0 Å². The van der Waals surface area contributed by atoms with Crippen LogP contribution in [0.15, 0.2) is 0 Å². The summed E-state index contributed by atoms with van der Waals surface area (Å²) in [5.74, 6) is 0.591.